The van der Waals surface area contributed by atoms with Crippen LogP contribution in [0.5, 0.6) is 0 Å². The predicted octanol–water partition coefficient (Wildman–Crippen LogP) is 2.07. The van der Waals surface area contributed by atoms with Crippen molar-refractivity contribution in [2.75, 3.05) is 33.2 Å². The summed E-state index contributed by atoms with van der Waals surface area (Å²) in [5.41, 5.74) is 1.38. The number of guanidine groups is 1. The first-order valence-electron chi connectivity index (χ1n) is 10.6. The Bertz CT molecular complexity index is 662. The van der Waals surface area contributed by atoms with E-state index in [1.54, 1.807) is 0 Å². The highest BCUT2D eigenvalue weighted by Gasteiger charge is 2.29. The maximum absolute atomic E-state index is 11.9. The highest BCUT2D eigenvalue weighted by molar-refractivity contribution is 5.80. The first kappa shape index (κ1) is 20.6. The number of hydrogen-bond acceptors (Lipinski definition) is 3. The van der Waals surface area contributed by atoms with E-state index in [1.165, 1.54) is 12.0 Å². The number of carbonyl (C=O) groups excluding carboxylic acids is 1. The van der Waals surface area contributed by atoms with Crippen LogP contribution in [0, 0.1) is 5.92 Å². The van der Waals surface area contributed by atoms with Crippen LogP contribution in [0.1, 0.15) is 38.7 Å². The maximum atomic E-state index is 11.9. The zero-order chi connectivity index (χ0) is 19.9. The smallest absolute Gasteiger partial charge is 0.222 e. The van der Waals surface area contributed by atoms with Gasteiger partial charge in [0.15, 0.2) is 5.96 Å². The minimum Gasteiger partial charge on any atom is -0.356 e. The molecule has 2 fully saturated rings. The van der Waals surface area contributed by atoms with Gasteiger partial charge in [-0.05, 0) is 31.2 Å². The van der Waals surface area contributed by atoms with Gasteiger partial charge in [-0.1, -0.05) is 37.3 Å². The second-order valence-electron chi connectivity index (χ2n) is 8.14. The lowest BCUT2D eigenvalue weighted by atomic mass is 10.1. The van der Waals surface area contributed by atoms with E-state index in [9.17, 15) is 4.79 Å². The van der Waals surface area contributed by atoms with Gasteiger partial charge in [-0.15, -0.1) is 0 Å². The number of carbonyl (C=O) groups is 1. The fourth-order valence-corrected chi connectivity index (χ4v) is 4.36. The van der Waals surface area contributed by atoms with E-state index in [4.69, 9.17) is 0 Å². The first-order valence-corrected chi connectivity index (χ1v) is 10.6. The summed E-state index contributed by atoms with van der Waals surface area (Å²) in [5, 5.41) is 7.00. The molecule has 0 radical (unpaired) electrons. The Hall–Kier alpha value is -2.08. The first-order chi connectivity index (χ1) is 13.6. The summed E-state index contributed by atoms with van der Waals surface area (Å²) in [4.78, 5) is 20.8. The Morgan fingerprint density at radius 3 is 2.75 bits per heavy atom. The standard InChI is InChI=1S/C22H35N5O/c1-4-21(28)26-11-10-20(16-26)25-22(23-3)24-13-19-12-17(2)27(15-19)14-18-8-6-5-7-9-18/h5-9,17,19-20H,4,10-16H2,1-3H3,(H2,23,24,25). The molecule has 0 spiro atoms. The lowest BCUT2D eigenvalue weighted by Crippen LogP contribution is -2.46. The fourth-order valence-electron chi connectivity index (χ4n) is 4.36. The summed E-state index contributed by atoms with van der Waals surface area (Å²) < 4.78 is 0. The molecule has 0 aliphatic carbocycles. The van der Waals surface area contributed by atoms with E-state index < -0.39 is 0 Å². The van der Waals surface area contributed by atoms with E-state index in [0.717, 1.165) is 45.1 Å². The molecule has 3 rings (SSSR count). The largest absolute Gasteiger partial charge is 0.356 e. The number of nitrogens with zero attached hydrogens (tertiary/aromatic N) is 3. The molecule has 0 bridgehead atoms. The second kappa shape index (κ2) is 9.92. The number of hydrogen-bond donors (Lipinski definition) is 2. The molecular formula is C22H35N5O. The van der Waals surface area contributed by atoms with Crippen LogP contribution in [0.3, 0.4) is 0 Å². The lowest BCUT2D eigenvalue weighted by Gasteiger charge is -2.21. The summed E-state index contributed by atoms with van der Waals surface area (Å²) >= 11 is 0. The van der Waals surface area contributed by atoms with Crippen LogP contribution in [0.4, 0.5) is 0 Å². The average molecular weight is 386 g/mol. The lowest BCUT2D eigenvalue weighted by molar-refractivity contribution is -0.129. The summed E-state index contributed by atoms with van der Waals surface area (Å²) in [7, 11) is 1.82. The minimum atomic E-state index is 0.241. The average Bonchev–Trinajstić information content (AvgIpc) is 3.32. The van der Waals surface area contributed by atoms with E-state index in [0.29, 0.717) is 24.4 Å². The molecule has 2 aliphatic heterocycles. The third kappa shape index (κ3) is 5.47. The summed E-state index contributed by atoms with van der Waals surface area (Å²) in [5.74, 6) is 1.72. The zero-order valence-electron chi connectivity index (χ0n) is 17.5. The molecule has 2 aliphatic rings. The van der Waals surface area contributed by atoms with Gasteiger partial charge >= 0.3 is 0 Å². The molecule has 0 aromatic heterocycles. The van der Waals surface area contributed by atoms with Crippen molar-refractivity contribution >= 4 is 11.9 Å². The normalized spacial score (nSPS) is 25.9. The number of nitrogens with one attached hydrogen (secondary N) is 2. The molecule has 28 heavy (non-hydrogen) atoms. The molecule has 1 aromatic rings. The SMILES string of the molecule is CCC(=O)N1CCC(NC(=NC)NCC2CC(C)N(Cc3ccccc3)C2)C1. The van der Waals surface area contributed by atoms with Crippen LogP contribution in [-0.2, 0) is 11.3 Å². The second-order valence-corrected chi connectivity index (χ2v) is 8.14. The Balaban J connectivity index is 1.42. The van der Waals surface area contributed by atoms with E-state index >= 15 is 0 Å². The van der Waals surface area contributed by atoms with Crippen LogP contribution >= 0.6 is 0 Å². The van der Waals surface area contributed by atoms with Gasteiger partial charge in [0.1, 0.15) is 0 Å². The van der Waals surface area contributed by atoms with E-state index in [2.05, 4.69) is 57.8 Å². The number of amides is 1. The molecule has 154 valence electrons. The molecule has 6 heteroatoms. The topological polar surface area (TPSA) is 60.0 Å². The van der Waals surface area contributed by atoms with Gasteiger partial charge < -0.3 is 15.5 Å². The Kier molecular flexibility index (Phi) is 7.31. The van der Waals surface area contributed by atoms with Gasteiger partial charge in [0.25, 0.3) is 0 Å². The quantitative estimate of drug-likeness (QED) is 0.581. The number of benzene rings is 1. The van der Waals surface area contributed by atoms with Gasteiger partial charge in [-0.25, -0.2) is 0 Å². The zero-order valence-corrected chi connectivity index (χ0v) is 17.5. The molecule has 1 amide bonds. The molecule has 2 saturated heterocycles. The monoisotopic (exact) mass is 385 g/mol. The van der Waals surface area contributed by atoms with Crippen molar-refractivity contribution in [1.29, 1.82) is 0 Å². The van der Waals surface area contributed by atoms with Crippen LogP contribution in [0.15, 0.2) is 35.3 Å². The van der Waals surface area contributed by atoms with Crippen LogP contribution < -0.4 is 10.6 Å². The van der Waals surface area contributed by atoms with E-state index in [1.807, 2.05) is 18.9 Å². The summed E-state index contributed by atoms with van der Waals surface area (Å²) in [6.45, 7) is 8.94. The van der Waals surface area contributed by atoms with Crippen molar-refractivity contribution < 1.29 is 4.79 Å². The maximum Gasteiger partial charge on any atom is 0.222 e. The highest BCUT2D eigenvalue weighted by Crippen LogP contribution is 2.24. The highest BCUT2D eigenvalue weighted by atomic mass is 16.2. The molecule has 2 heterocycles. The third-order valence-corrected chi connectivity index (χ3v) is 5.99. The Labute approximate surface area is 169 Å². The van der Waals surface area contributed by atoms with Crippen molar-refractivity contribution in [1.82, 2.24) is 20.4 Å². The van der Waals surface area contributed by atoms with Gasteiger partial charge in [-0.2, -0.15) is 0 Å². The van der Waals surface area contributed by atoms with Gasteiger partial charge in [-0.3, -0.25) is 14.7 Å². The molecule has 0 saturated carbocycles. The molecule has 1 aromatic carbocycles. The van der Waals surface area contributed by atoms with Gasteiger partial charge in [0.05, 0.1) is 0 Å². The minimum absolute atomic E-state index is 0.241. The van der Waals surface area contributed by atoms with Crippen molar-refractivity contribution in [2.45, 2.75) is 51.7 Å². The molecule has 3 atom stereocenters. The Morgan fingerprint density at radius 2 is 2.04 bits per heavy atom. The Morgan fingerprint density at radius 1 is 1.25 bits per heavy atom. The number of aliphatic imine (C=N–C) groups is 1. The van der Waals surface area contributed by atoms with E-state index in [-0.39, 0.29) is 5.91 Å². The third-order valence-electron chi connectivity index (χ3n) is 5.99. The van der Waals surface area contributed by atoms with Crippen molar-refractivity contribution in [3.05, 3.63) is 35.9 Å². The van der Waals surface area contributed by atoms with Crippen LogP contribution in [-0.4, -0.2) is 67.0 Å². The van der Waals surface area contributed by atoms with Gasteiger partial charge in [0, 0.05) is 58.3 Å². The van der Waals surface area contributed by atoms with Crippen LogP contribution in [0.25, 0.3) is 0 Å². The van der Waals surface area contributed by atoms with Gasteiger partial charge in [0.2, 0.25) is 5.91 Å². The number of rotatable bonds is 6. The van der Waals surface area contributed by atoms with Crippen molar-refractivity contribution in [3.8, 4) is 0 Å². The molecular weight excluding hydrogens is 350 g/mol. The number of likely N-dealkylation sites (tertiary alicyclic amines) is 2. The molecule has 2 N–H and O–H groups in total. The van der Waals surface area contributed by atoms with Crippen molar-refractivity contribution in [3.63, 3.8) is 0 Å². The molecule has 3 unspecified atom stereocenters. The summed E-state index contributed by atoms with van der Waals surface area (Å²) in [6, 6.07) is 11.6. The molecule has 6 nitrogen and oxygen atoms in total. The van der Waals surface area contributed by atoms with Crippen molar-refractivity contribution in [2.24, 2.45) is 10.9 Å². The predicted molar refractivity (Wildman–Crippen MR) is 114 cm³/mol. The fraction of sp³-hybridized carbons (Fsp3) is 0.636. The summed E-state index contributed by atoms with van der Waals surface area (Å²) in [6.07, 6.45) is 2.77. The van der Waals surface area contributed by atoms with Crippen LogP contribution in [0.2, 0.25) is 0 Å².